The van der Waals surface area contributed by atoms with Gasteiger partial charge in [0.05, 0.1) is 22.8 Å². The molecule has 0 amide bonds. The molecule has 0 radical (unpaired) electrons. The van der Waals surface area contributed by atoms with Crippen LogP contribution in [-0.2, 0) is 6.54 Å². The van der Waals surface area contributed by atoms with Crippen LogP contribution in [0.4, 0.5) is 4.39 Å². The van der Waals surface area contributed by atoms with E-state index >= 15 is 0 Å². The maximum absolute atomic E-state index is 13.4. The first-order valence-corrected chi connectivity index (χ1v) is 7.86. The first-order valence-electron chi connectivity index (χ1n) is 7.48. The number of hydrogen-bond donors (Lipinski definition) is 0. The number of hydrogen-bond acceptors (Lipinski definition) is 2. The van der Waals surface area contributed by atoms with E-state index in [1.807, 2.05) is 30.7 Å². The highest BCUT2D eigenvalue weighted by atomic mass is 35.5. The van der Waals surface area contributed by atoms with Gasteiger partial charge in [0.2, 0.25) is 0 Å². The molecule has 0 fully saturated rings. The van der Waals surface area contributed by atoms with Gasteiger partial charge >= 0.3 is 0 Å². The molecular weight excluding hydrogens is 325 g/mol. The Bertz CT molecular complexity index is 954. The van der Waals surface area contributed by atoms with Crippen LogP contribution in [0, 0.1) is 31.0 Å². The van der Waals surface area contributed by atoms with Crippen molar-refractivity contribution in [2.45, 2.75) is 20.4 Å². The number of nitrogens with zero attached hydrogens (tertiary/aromatic N) is 3. The predicted octanol–water partition coefficient (Wildman–Crippen LogP) is 4.88. The summed E-state index contributed by atoms with van der Waals surface area (Å²) < 4.78 is 15.2. The van der Waals surface area contributed by atoms with Crippen molar-refractivity contribution in [2.75, 3.05) is 0 Å². The lowest BCUT2D eigenvalue weighted by Gasteiger charge is -2.07. The molecule has 120 valence electrons. The number of benzene rings is 2. The Morgan fingerprint density at radius 1 is 1.21 bits per heavy atom. The van der Waals surface area contributed by atoms with Crippen LogP contribution in [0.1, 0.15) is 22.5 Å². The highest BCUT2D eigenvalue weighted by molar-refractivity contribution is 6.32. The molecule has 0 aliphatic rings. The summed E-state index contributed by atoms with van der Waals surface area (Å²) in [5.41, 5.74) is 5.03. The fourth-order valence-electron chi connectivity index (χ4n) is 2.84. The minimum atomic E-state index is -0.256. The molecule has 24 heavy (non-hydrogen) atoms. The molecule has 0 bridgehead atoms. The minimum absolute atomic E-state index is 0.256. The number of rotatable bonds is 3. The third-order valence-corrected chi connectivity index (χ3v) is 4.29. The zero-order valence-corrected chi connectivity index (χ0v) is 14.1. The van der Waals surface area contributed by atoms with Gasteiger partial charge in [0.15, 0.2) is 0 Å². The molecule has 0 atom stereocenters. The second kappa shape index (κ2) is 6.46. The number of aryl methyl sites for hydroxylation is 1. The molecule has 0 saturated carbocycles. The third-order valence-electron chi connectivity index (χ3n) is 3.98. The summed E-state index contributed by atoms with van der Waals surface area (Å²) in [5.74, 6) is -0.256. The van der Waals surface area contributed by atoms with Gasteiger partial charge in [0, 0.05) is 11.3 Å². The van der Waals surface area contributed by atoms with Gasteiger partial charge in [-0.25, -0.2) is 4.39 Å². The normalized spacial score (nSPS) is 10.6. The topological polar surface area (TPSA) is 41.6 Å². The SMILES string of the molecule is Cc1nn(Cc2cccc(F)c2)c(C)c1-c1ccc(C#N)c(Cl)c1. The smallest absolute Gasteiger partial charge is 0.123 e. The highest BCUT2D eigenvalue weighted by Gasteiger charge is 2.15. The maximum Gasteiger partial charge on any atom is 0.123 e. The van der Waals surface area contributed by atoms with Crippen LogP contribution < -0.4 is 0 Å². The summed E-state index contributed by atoms with van der Waals surface area (Å²) in [4.78, 5) is 0. The largest absolute Gasteiger partial charge is 0.265 e. The third kappa shape index (κ3) is 3.04. The molecule has 5 heteroatoms. The van der Waals surface area contributed by atoms with E-state index in [0.29, 0.717) is 17.1 Å². The van der Waals surface area contributed by atoms with Gasteiger partial charge in [-0.1, -0.05) is 29.8 Å². The van der Waals surface area contributed by atoms with Gasteiger partial charge in [0.25, 0.3) is 0 Å². The molecule has 3 aromatic rings. The molecule has 3 rings (SSSR count). The van der Waals surface area contributed by atoms with Gasteiger partial charge in [0.1, 0.15) is 11.9 Å². The Labute approximate surface area is 144 Å². The zero-order chi connectivity index (χ0) is 17.3. The van der Waals surface area contributed by atoms with E-state index in [2.05, 4.69) is 11.2 Å². The molecular formula is C19H15ClFN3. The monoisotopic (exact) mass is 339 g/mol. The summed E-state index contributed by atoms with van der Waals surface area (Å²) in [7, 11) is 0. The molecule has 0 unspecified atom stereocenters. The maximum atomic E-state index is 13.4. The van der Waals surface area contributed by atoms with Crippen LogP contribution in [0.15, 0.2) is 42.5 Å². The number of nitriles is 1. The van der Waals surface area contributed by atoms with Gasteiger partial charge in [-0.2, -0.15) is 10.4 Å². The van der Waals surface area contributed by atoms with Crippen LogP contribution in [0.25, 0.3) is 11.1 Å². The summed E-state index contributed by atoms with van der Waals surface area (Å²) in [6, 6.07) is 13.9. The molecule has 0 N–H and O–H groups in total. The average molecular weight is 340 g/mol. The van der Waals surface area contributed by atoms with E-state index in [4.69, 9.17) is 16.9 Å². The van der Waals surface area contributed by atoms with Gasteiger partial charge < -0.3 is 0 Å². The Hall–Kier alpha value is -2.64. The van der Waals surface area contributed by atoms with Crippen LogP contribution in [0.2, 0.25) is 5.02 Å². The molecule has 1 aromatic heterocycles. The Morgan fingerprint density at radius 3 is 2.67 bits per heavy atom. The van der Waals surface area contributed by atoms with E-state index in [0.717, 1.165) is 28.1 Å². The Kier molecular flexibility index (Phi) is 4.37. The van der Waals surface area contributed by atoms with Crippen LogP contribution in [0.3, 0.4) is 0 Å². The number of halogens is 2. The standard InChI is InChI=1S/C19H15ClFN3/c1-12-19(15-6-7-16(10-22)18(20)9-15)13(2)24(23-12)11-14-4-3-5-17(21)8-14/h3-9H,11H2,1-2H3. The fourth-order valence-corrected chi connectivity index (χ4v) is 3.06. The average Bonchev–Trinajstić information content (AvgIpc) is 2.81. The van der Waals surface area contributed by atoms with E-state index in [9.17, 15) is 4.39 Å². The van der Waals surface area contributed by atoms with Crippen molar-refractivity contribution in [3.05, 3.63) is 75.8 Å². The quantitative estimate of drug-likeness (QED) is 0.682. The molecule has 0 spiro atoms. The summed E-state index contributed by atoms with van der Waals surface area (Å²) in [6.45, 7) is 4.39. The van der Waals surface area contributed by atoms with E-state index in [-0.39, 0.29) is 5.82 Å². The Morgan fingerprint density at radius 2 is 2.00 bits per heavy atom. The van der Waals surface area contributed by atoms with Gasteiger partial charge in [-0.3, -0.25) is 4.68 Å². The van der Waals surface area contributed by atoms with Crippen molar-refractivity contribution in [2.24, 2.45) is 0 Å². The number of aromatic nitrogens is 2. The predicted molar refractivity (Wildman–Crippen MR) is 92.4 cm³/mol. The molecule has 3 nitrogen and oxygen atoms in total. The van der Waals surface area contributed by atoms with Crippen molar-refractivity contribution in [1.29, 1.82) is 5.26 Å². The van der Waals surface area contributed by atoms with E-state index in [1.165, 1.54) is 12.1 Å². The second-order valence-electron chi connectivity index (χ2n) is 5.64. The molecule has 0 aliphatic heterocycles. The van der Waals surface area contributed by atoms with E-state index < -0.39 is 0 Å². The second-order valence-corrected chi connectivity index (χ2v) is 6.05. The molecule has 1 heterocycles. The lowest BCUT2D eigenvalue weighted by Crippen LogP contribution is -2.04. The fraction of sp³-hybridized carbons (Fsp3) is 0.158. The van der Waals surface area contributed by atoms with Crippen molar-refractivity contribution in [3.63, 3.8) is 0 Å². The van der Waals surface area contributed by atoms with Gasteiger partial charge in [-0.15, -0.1) is 0 Å². The lowest BCUT2D eigenvalue weighted by atomic mass is 10.0. The molecule has 2 aromatic carbocycles. The van der Waals surface area contributed by atoms with E-state index in [1.54, 1.807) is 18.2 Å². The van der Waals surface area contributed by atoms with Crippen LogP contribution in [-0.4, -0.2) is 9.78 Å². The summed E-state index contributed by atoms with van der Waals surface area (Å²) in [5, 5.41) is 14.0. The molecule has 0 saturated heterocycles. The Balaban J connectivity index is 2.01. The van der Waals surface area contributed by atoms with Gasteiger partial charge in [-0.05, 0) is 49.2 Å². The summed E-state index contributed by atoms with van der Waals surface area (Å²) >= 11 is 6.15. The van der Waals surface area contributed by atoms with Crippen LogP contribution >= 0.6 is 11.6 Å². The first-order chi connectivity index (χ1) is 11.5. The van der Waals surface area contributed by atoms with Crippen molar-refractivity contribution < 1.29 is 4.39 Å². The first kappa shape index (κ1) is 16.2. The zero-order valence-electron chi connectivity index (χ0n) is 13.3. The lowest BCUT2D eigenvalue weighted by molar-refractivity contribution is 0.616. The van der Waals surface area contributed by atoms with Crippen LogP contribution in [0.5, 0.6) is 0 Å². The van der Waals surface area contributed by atoms with Crippen molar-refractivity contribution in [3.8, 4) is 17.2 Å². The molecule has 0 aliphatic carbocycles. The summed E-state index contributed by atoms with van der Waals surface area (Å²) in [6.07, 6.45) is 0. The highest BCUT2D eigenvalue weighted by Crippen LogP contribution is 2.30. The van der Waals surface area contributed by atoms with Crippen molar-refractivity contribution >= 4 is 11.6 Å². The minimum Gasteiger partial charge on any atom is -0.265 e. The van der Waals surface area contributed by atoms with Crippen molar-refractivity contribution in [1.82, 2.24) is 9.78 Å².